The Morgan fingerprint density at radius 3 is 2.56 bits per heavy atom. The van der Waals surface area contributed by atoms with Crippen LogP contribution in [0.15, 0.2) is 42.6 Å². The highest BCUT2D eigenvalue weighted by Crippen LogP contribution is 2.29. The minimum absolute atomic E-state index is 0.329. The Morgan fingerprint density at radius 2 is 1.92 bits per heavy atom. The summed E-state index contributed by atoms with van der Waals surface area (Å²) in [6.07, 6.45) is 1.44. The average Bonchev–Trinajstić information content (AvgIpc) is 2.99. The second-order valence-corrected chi connectivity index (χ2v) is 7.19. The van der Waals surface area contributed by atoms with Gasteiger partial charge in [-0.15, -0.1) is 0 Å². The van der Waals surface area contributed by atoms with E-state index < -0.39 is 11.5 Å². The van der Waals surface area contributed by atoms with Crippen molar-refractivity contribution in [3.05, 3.63) is 65.0 Å². The van der Waals surface area contributed by atoms with Crippen LogP contribution in [0.25, 0.3) is 0 Å². The van der Waals surface area contributed by atoms with E-state index in [0.717, 1.165) is 16.7 Å². The largest absolute Gasteiger partial charge is 0.444 e. The lowest BCUT2D eigenvalue weighted by molar-refractivity contribution is 0.0242. The van der Waals surface area contributed by atoms with Crippen LogP contribution in [0, 0.1) is 11.3 Å². The van der Waals surface area contributed by atoms with Crippen molar-refractivity contribution >= 4 is 6.09 Å². The number of fused-ring (bicyclic) bond motifs is 1. The average molecular weight is 335 g/mol. The number of nitrogens with zero attached hydrogens (tertiary/aromatic N) is 3. The Bertz CT molecular complexity index is 819. The quantitative estimate of drug-likeness (QED) is 0.832. The highest BCUT2D eigenvalue weighted by atomic mass is 16.6. The van der Waals surface area contributed by atoms with Gasteiger partial charge in [0.2, 0.25) is 0 Å². The van der Waals surface area contributed by atoms with Crippen molar-refractivity contribution in [2.75, 3.05) is 0 Å². The van der Waals surface area contributed by atoms with E-state index in [1.165, 1.54) is 0 Å². The summed E-state index contributed by atoms with van der Waals surface area (Å²) in [5.41, 5.74) is 3.12. The Hall–Kier alpha value is -2.87. The third kappa shape index (κ3) is 3.80. The molecule has 0 saturated heterocycles. The van der Waals surface area contributed by atoms with E-state index in [9.17, 15) is 10.1 Å². The molecular weight excluding hydrogens is 314 g/mol. The highest BCUT2D eigenvalue weighted by molar-refractivity contribution is 5.69. The molecule has 128 valence electrons. The van der Waals surface area contributed by atoms with E-state index in [4.69, 9.17) is 4.74 Å². The molecule has 0 bridgehead atoms. The number of benzene rings is 1. The number of rotatable bonds is 2. The number of aromatic nitrogens is 1. The SMILES string of the molecule is CC(C)(C)OC(=O)N1Cc2cnc(C(C#N)c3ccccc3)cc2C1. The zero-order valence-electron chi connectivity index (χ0n) is 14.7. The fourth-order valence-corrected chi connectivity index (χ4v) is 2.87. The molecule has 0 radical (unpaired) electrons. The zero-order valence-corrected chi connectivity index (χ0v) is 14.7. The maximum Gasteiger partial charge on any atom is 0.410 e. The molecule has 2 aromatic rings. The summed E-state index contributed by atoms with van der Waals surface area (Å²) in [5, 5.41) is 9.57. The van der Waals surface area contributed by atoms with Gasteiger partial charge in [-0.1, -0.05) is 30.3 Å². The predicted octanol–water partition coefficient (Wildman–Crippen LogP) is 3.99. The van der Waals surface area contributed by atoms with Crippen LogP contribution >= 0.6 is 0 Å². The normalized spacial score (nSPS) is 14.6. The van der Waals surface area contributed by atoms with Crippen molar-refractivity contribution in [1.29, 1.82) is 5.26 Å². The fourth-order valence-electron chi connectivity index (χ4n) is 2.87. The Labute approximate surface area is 147 Å². The molecule has 0 spiro atoms. The molecule has 5 nitrogen and oxygen atoms in total. The van der Waals surface area contributed by atoms with Crippen LogP contribution in [0.3, 0.4) is 0 Å². The molecule has 1 aromatic heterocycles. The molecule has 25 heavy (non-hydrogen) atoms. The van der Waals surface area contributed by atoms with E-state index in [1.54, 1.807) is 11.1 Å². The summed E-state index contributed by atoms with van der Waals surface area (Å²) in [7, 11) is 0. The van der Waals surface area contributed by atoms with Crippen LogP contribution in [-0.4, -0.2) is 21.6 Å². The van der Waals surface area contributed by atoms with E-state index in [2.05, 4.69) is 11.1 Å². The van der Waals surface area contributed by atoms with Gasteiger partial charge in [-0.2, -0.15) is 5.26 Å². The summed E-state index contributed by atoms with van der Waals surface area (Å²) >= 11 is 0. The minimum atomic E-state index is -0.519. The molecule has 1 aliphatic heterocycles. The van der Waals surface area contributed by atoms with E-state index in [1.807, 2.05) is 57.2 Å². The molecule has 0 N–H and O–H groups in total. The Balaban J connectivity index is 1.81. The van der Waals surface area contributed by atoms with Crippen LogP contribution in [0.5, 0.6) is 0 Å². The molecule has 5 heteroatoms. The molecule has 1 unspecified atom stereocenters. The number of carbonyl (C=O) groups is 1. The lowest BCUT2D eigenvalue weighted by Gasteiger charge is -2.24. The number of hydrogen-bond donors (Lipinski definition) is 0. The summed E-state index contributed by atoms with van der Waals surface area (Å²) < 4.78 is 5.44. The molecule has 1 aromatic carbocycles. The van der Waals surface area contributed by atoms with Crippen molar-refractivity contribution in [2.24, 2.45) is 0 Å². The zero-order chi connectivity index (χ0) is 18.0. The van der Waals surface area contributed by atoms with Gasteiger partial charge in [0, 0.05) is 12.7 Å². The minimum Gasteiger partial charge on any atom is -0.444 e. The Morgan fingerprint density at radius 1 is 1.24 bits per heavy atom. The molecule has 2 heterocycles. The smallest absolute Gasteiger partial charge is 0.410 e. The first-order chi connectivity index (χ1) is 11.9. The fraction of sp³-hybridized carbons (Fsp3) is 0.350. The first-order valence-corrected chi connectivity index (χ1v) is 8.27. The van der Waals surface area contributed by atoms with Gasteiger partial charge >= 0.3 is 6.09 Å². The standard InChI is InChI=1S/C20H21N3O2/c1-20(2,3)25-19(24)23-12-15-9-18(22-11-16(15)13-23)17(10-21)14-7-5-4-6-8-14/h4-9,11,17H,12-13H2,1-3H3. The maximum atomic E-state index is 12.3. The lowest BCUT2D eigenvalue weighted by atomic mass is 9.95. The van der Waals surface area contributed by atoms with Crippen molar-refractivity contribution in [1.82, 2.24) is 9.88 Å². The third-order valence-electron chi connectivity index (χ3n) is 4.04. The van der Waals surface area contributed by atoms with Gasteiger partial charge in [0.25, 0.3) is 0 Å². The second-order valence-electron chi connectivity index (χ2n) is 7.19. The lowest BCUT2D eigenvalue weighted by Crippen LogP contribution is -2.33. The van der Waals surface area contributed by atoms with E-state index in [0.29, 0.717) is 18.8 Å². The van der Waals surface area contributed by atoms with Gasteiger partial charge in [0.15, 0.2) is 0 Å². The summed E-state index contributed by atoms with van der Waals surface area (Å²) in [6, 6.07) is 13.9. The Kier molecular flexibility index (Phi) is 4.45. The maximum absolute atomic E-state index is 12.3. The molecule has 1 amide bonds. The predicted molar refractivity (Wildman–Crippen MR) is 93.6 cm³/mol. The molecule has 0 saturated carbocycles. The summed E-state index contributed by atoms with van der Waals surface area (Å²) in [4.78, 5) is 18.4. The molecule has 0 fully saturated rings. The molecule has 3 rings (SSSR count). The van der Waals surface area contributed by atoms with Crippen LogP contribution in [0.1, 0.15) is 49.1 Å². The first-order valence-electron chi connectivity index (χ1n) is 8.27. The third-order valence-corrected chi connectivity index (χ3v) is 4.04. The summed E-state index contributed by atoms with van der Waals surface area (Å²) in [5.74, 6) is -0.415. The first kappa shape index (κ1) is 17.0. The van der Waals surface area contributed by atoms with Crippen molar-refractivity contribution in [3.63, 3.8) is 0 Å². The monoisotopic (exact) mass is 335 g/mol. The van der Waals surface area contributed by atoms with Crippen molar-refractivity contribution in [2.45, 2.75) is 45.4 Å². The molecule has 1 atom stereocenters. The van der Waals surface area contributed by atoms with Crippen molar-refractivity contribution < 1.29 is 9.53 Å². The van der Waals surface area contributed by atoms with Crippen LogP contribution < -0.4 is 0 Å². The van der Waals surface area contributed by atoms with Crippen LogP contribution in [-0.2, 0) is 17.8 Å². The molecule has 1 aliphatic rings. The van der Waals surface area contributed by atoms with E-state index >= 15 is 0 Å². The van der Waals surface area contributed by atoms with Gasteiger partial charge in [0.05, 0.1) is 18.3 Å². The number of carbonyl (C=O) groups excluding carboxylic acids is 1. The van der Waals surface area contributed by atoms with Gasteiger partial charge in [0.1, 0.15) is 11.5 Å². The molecule has 0 aliphatic carbocycles. The summed E-state index contributed by atoms with van der Waals surface area (Å²) in [6.45, 7) is 6.52. The van der Waals surface area contributed by atoms with E-state index in [-0.39, 0.29) is 6.09 Å². The van der Waals surface area contributed by atoms with Gasteiger partial charge in [-0.25, -0.2) is 4.79 Å². The second kappa shape index (κ2) is 6.56. The van der Waals surface area contributed by atoms with Gasteiger partial charge in [-0.05, 0) is 43.5 Å². The number of pyridine rings is 1. The van der Waals surface area contributed by atoms with Crippen molar-refractivity contribution in [3.8, 4) is 6.07 Å². The molecular formula is C20H21N3O2. The number of nitriles is 1. The highest BCUT2D eigenvalue weighted by Gasteiger charge is 2.29. The number of hydrogen-bond acceptors (Lipinski definition) is 4. The number of amides is 1. The number of ether oxygens (including phenoxy) is 1. The topological polar surface area (TPSA) is 66.2 Å². The van der Waals surface area contributed by atoms with Crippen LogP contribution in [0.4, 0.5) is 4.79 Å². The van der Waals surface area contributed by atoms with Gasteiger partial charge < -0.3 is 4.74 Å². The van der Waals surface area contributed by atoms with Crippen LogP contribution in [0.2, 0.25) is 0 Å². The van der Waals surface area contributed by atoms with Gasteiger partial charge in [-0.3, -0.25) is 9.88 Å².